The molecule has 1 aliphatic carbocycles. The molecule has 2 unspecified atom stereocenters. The fraction of sp³-hybridized carbons (Fsp3) is 0.667. The minimum absolute atomic E-state index is 0.0369. The van der Waals surface area contributed by atoms with Crippen LogP contribution in [0, 0.1) is 11.8 Å². The highest BCUT2D eigenvalue weighted by Crippen LogP contribution is 2.24. The van der Waals surface area contributed by atoms with Gasteiger partial charge in [0.2, 0.25) is 0 Å². The molecule has 0 aromatic rings. The van der Waals surface area contributed by atoms with Gasteiger partial charge in [-0.2, -0.15) is 0 Å². The van der Waals surface area contributed by atoms with Crippen molar-refractivity contribution < 1.29 is 14.4 Å². The molecule has 1 saturated carbocycles. The van der Waals surface area contributed by atoms with Crippen LogP contribution in [-0.2, 0) is 14.4 Å². The highest BCUT2D eigenvalue weighted by Gasteiger charge is 2.37. The van der Waals surface area contributed by atoms with Crippen molar-refractivity contribution in [1.82, 2.24) is 0 Å². The molecule has 0 aromatic heterocycles. The molecule has 2 atom stereocenters. The van der Waals surface area contributed by atoms with E-state index in [-0.39, 0.29) is 23.8 Å². The Labute approximate surface area is 71.1 Å². The van der Waals surface area contributed by atoms with Crippen LogP contribution in [0.2, 0.25) is 0 Å². The highest BCUT2D eigenvalue weighted by molar-refractivity contribution is 6.08. The third-order valence-electron chi connectivity index (χ3n) is 2.41. The average Bonchev–Trinajstić information content (AvgIpc) is 1.97. The molecule has 0 aromatic carbocycles. The lowest BCUT2D eigenvalue weighted by Crippen LogP contribution is -2.37. The second kappa shape index (κ2) is 3.17. The van der Waals surface area contributed by atoms with Gasteiger partial charge in [0.15, 0.2) is 0 Å². The van der Waals surface area contributed by atoms with Gasteiger partial charge in [0.1, 0.15) is 17.3 Å². The van der Waals surface area contributed by atoms with Gasteiger partial charge in [-0.3, -0.25) is 14.4 Å². The molecule has 12 heavy (non-hydrogen) atoms. The summed E-state index contributed by atoms with van der Waals surface area (Å²) in [4.78, 5) is 33.4. The van der Waals surface area contributed by atoms with Gasteiger partial charge in [-0.1, -0.05) is 6.92 Å². The second-order valence-corrected chi connectivity index (χ2v) is 3.31. The van der Waals surface area contributed by atoms with Crippen molar-refractivity contribution in [1.29, 1.82) is 0 Å². The summed E-state index contributed by atoms with van der Waals surface area (Å²) in [5.74, 6) is -1.28. The summed E-state index contributed by atoms with van der Waals surface area (Å²) < 4.78 is 0. The zero-order chi connectivity index (χ0) is 9.30. The van der Waals surface area contributed by atoms with Crippen LogP contribution in [0.1, 0.15) is 26.7 Å². The van der Waals surface area contributed by atoms with Gasteiger partial charge in [0.25, 0.3) is 0 Å². The summed E-state index contributed by atoms with van der Waals surface area (Å²) in [5.41, 5.74) is 0. The van der Waals surface area contributed by atoms with Crippen molar-refractivity contribution in [2.45, 2.75) is 26.7 Å². The molecule has 3 heteroatoms. The van der Waals surface area contributed by atoms with Gasteiger partial charge >= 0.3 is 0 Å². The van der Waals surface area contributed by atoms with Gasteiger partial charge in [0.05, 0.1) is 5.92 Å². The maximum atomic E-state index is 11.2. The molecular formula is C9H12O3. The second-order valence-electron chi connectivity index (χ2n) is 3.31. The monoisotopic (exact) mass is 168 g/mol. The third kappa shape index (κ3) is 1.44. The minimum atomic E-state index is -0.661. The number of carbonyl (C=O) groups is 3. The molecule has 0 radical (unpaired) electrons. The molecule has 0 aliphatic heterocycles. The number of Topliss-reactive ketones (excluding diaryl/α,β-unsaturated/α-hetero) is 3. The minimum Gasteiger partial charge on any atom is -0.299 e. The quantitative estimate of drug-likeness (QED) is 0.543. The van der Waals surface area contributed by atoms with E-state index in [9.17, 15) is 14.4 Å². The molecule has 0 amide bonds. The van der Waals surface area contributed by atoms with Crippen molar-refractivity contribution in [3.05, 3.63) is 0 Å². The van der Waals surface area contributed by atoms with Crippen LogP contribution in [0.3, 0.4) is 0 Å². The standard InChI is InChI=1S/C9H12O3/c1-5-7(11)3-4-8(12)9(5)6(2)10/h5,9H,3-4H2,1-2H3. The first-order valence-electron chi connectivity index (χ1n) is 4.10. The summed E-state index contributed by atoms with van der Waals surface area (Å²) in [6, 6.07) is 0. The van der Waals surface area contributed by atoms with Crippen LogP contribution in [-0.4, -0.2) is 17.3 Å². The molecule has 0 heterocycles. The highest BCUT2D eigenvalue weighted by atomic mass is 16.2. The lowest BCUT2D eigenvalue weighted by Gasteiger charge is -2.23. The summed E-state index contributed by atoms with van der Waals surface area (Å²) in [6.07, 6.45) is 0.553. The topological polar surface area (TPSA) is 51.2 Å². The molecule has 1 fully saturated rings. The SMILES string of the molecule is CC(=O)C1C(=O)CCC(=O)C1C. The van der Waals surface area contributed by atoms with Crippen LogP contribution in [0.5, 0.6) is 0 Å². The van der Waals surface area contributed by atoms with Crippen LogP contribution in [0.15, 0.2) is 0 Å². The van der Waals surface area contributed by atoms with Crippen LogP contribution in [0.25, 0.3) is 0 Å². The van der Waals surface area contributed by atoms with Crippen molar-refractivity contribution in [3.63, 3.8) is 0 Å². The fourth-order valence-corrected chi connectivity index (χ4v) is 1.67. The first-order chi connectivity index (χ1) is 5.54. The van der Waals surface area contributed by atoms with Gasteiger partial charge in [-0.15, -0.1) is 0 Å². The molecule has 3 nitrogen and oxygen atoms in total. The number of rotatable bonds is 1. The van der Waals surface area contributed by atoms with Gasteiger partial charge < -0.3 is 0 Å². The van der Waals surface area contributed by atoms with Crippen LogP contribution >= 0.6 is 0 Å². The van der Waals surface area contributed by atoms with E-state index in [1.165, 1.54) is 6.92 Å². The lowest BCUT2D eigenvalue weighted by molar-refractivity contribution is -0.143. The normalized spacial score (nSPS) is 30.5. The van der Waals surface area contributed by atoms with Gasteiger partial charge in [0, 0.05) is 18.8 Å². The Kier molecular flexibility index (Phi) is 2.40. The predicted octanol–water partition coefficient (Wildman–Crippen LogP) is 0.760. The van der Waals surface area contributed by atoms with E-state index in [1.54, 1.807) is 6.92 Å². The van der Waals surface area contributed by atoms with E-state index in [0.29, 0.717) is 6.42 Å². The van der Waals surface area contributed by atoms with E-state index in [0.717, 1.165) is 0 Å². The molecule has 1 rings (SSSR count). The molecule has 0 bridgehead atoms. The van der Waals surface area contributed by atoms with E-state index < -0.39 is 11.8 Å². The maximum Gasteiger partial charge on any atom is 0.144 e. The smallest absolute Gasteiger partial charge is 0.144 e. The molecule has 0 N–H and O–H groups in total. The molecule has 1 aliphatic rings. The molecular weight excluding hydrogens is 156 g/mol. The van der Waals surface area contributed by atoms with Crippen molar-refractivity contribution in [3.8, 4) is 0 Å². The Bertz CT molecular complexity index is 242. The molecule has 0 saturated heterocycles. The number of carbonyl (C=O) groups excluding carboxylic acids is 3. The molecule has 0 spiro atoms. The van der Waals surface area contributed by atoms with Crippen molar-refractivity contribution in [2.24, 2.45) is 11.8 Å². The van der Waals surface area contributed by atoms with Gasteiger partial charge in [-0.25, -0.2) is 0 Å². The van der Waals surface area contributed by atoms with E-state index in [2.05, 4.69) is 0 Å². The van der Waals surface area contributed by atoms with Crippen LogP contribution < -0.4 is 0 Å². The summed E-state index contributed by atoms with van der Waals surface area (Å²) in [5, 5.41) is 0. The van der Waals surface area contributed by atoms with Crippen LogP contribution in [0.4, 0.5) is 0 Å². The van der Waals surface area contributed by atoms with Gasteiger partial charge in [-0.05, 0) is 6.92 Å². The average molecular weight is 168 g/mol. The first-order valence-corrected chi connectivity index (χ1v) is 4.10. The predicted molar refractivity (Wildman–Crippen MR) is 42.6 cm³/mol. The number of hydrogen-bond acceptors (Lipinski definition) is 3. The summed E-state index contributed by atoms with van der Waals surface area (Å²) in [7, 11) is 0. The number of ketones is 3. The summed E-state index contributed by atoms with van der Waals surface area (Å²) in [6.45, 7) is 3.03. The Hall–Kier alpha value is -0.990. The summed E-state index contributed by atoms with van der Waals surface area (Å²) >= 11 is 0. The Morgan fingerprint density at radius 1 is 1.25 bits per heavy atom. The number of hydrogen-bond donors (Lipinski definition) is 0. The van der Waals surface area contributed by atoms with E-state index >= 15 is 0 Å². The third-order valence-corrected chi connectivity index (χ3v) is 2.41. The Morgan fingerprint density at radius 3 is 2.17 bits per heavy atom. The molecule has 66 valence electrons. The first kappa shape index (κ1) is 9.10. The lowest BCUT2D eigenvalue weighted by atomic mass is 9.76. The Balaban J connectivity index is 2.86. The van der Waals surface area contributed by atoms with Crippen molar-refractivity contribution in [2.75, 3.05) is 0 Å². The Morgan fingerprint density at radius 2 is 1.75 bits per heavy atom. The van der Waals surface area contributed by atoms with Crippen molar-refractivity contribution >= 4 is 17.3 Å². The zero-order valence-corrected chi connectivity index (χ0v) is 7.29. The zero-order valence-electron chi connectivity index (χ0n) is 7.29. The van der Waals surface area contributed by atoms with E-state index in [4.69, 9.17) is 0 Å². The fourth-order valence-electron chi connectivity index (χ4n) is 1.67. The largest absolute Gasteiger partial charge is 0.299 e. The maximum absolute atomic E-state index is 11.2. The van der Waals surface area contributed by atoms with E-state index in [1.807, 2.05) is 0 Å².